The molecule has 1 saturated carbocycles. The van der Waals surface area contributed by atoms with Gasteiger partial charge in [-0.25, -0.2) is 0 Å². The molecule has 0 aromatic heterocycles. The molecule has 0 spiro atoms. The third-order valence-electron chi connectivity index (χ3n) is 3.41. The largest absolute Gasteiger partial charge is 0.459 e. The van der Waals surface area contributed by atoms with E-state index in [1.165, 1.54) is 0 Å². The number of hydrogen-bond donors (Lipinski definition) is 1. The Kier molecular flexibility index (Phi) is 5.50. The van der Waals surface area contributed by atoms with Crippen LogP contribution in [0.3, 0.4) is 0 Å². The van der Waals surface area contributed by atoms with Crippen molar-refractivity contribution in [2.75, 3.05) is 0 Å². The van der Waals surface area contributed by atoms with Gasteiger partial charge in [-0.3, -0.25) is 4.79 Å². The molecule has 0 radical (unpaired) electrons. The summed E-state index contributed by atoms with van der Waals surface area (Å²) < 4.78 is 5.36. The van der Waals surface area contributed by atoms with Crippen LogP contribution in [0.4, 0.5) is 0 Å². The van der Waals surface area contributed by atoms with Crippen molar-refractivity contribution in [1.82, 2.24) is 0 Å². The third kappa shape index (κ3) is 3.32. The Morgan fingerprint density at radius 2 is 2.25 bits per heavy atom. The number of alkyl halides is 1. The number of halogens is 1. The summed E-state index contributed by atoms with van der Waals surface area (Å²) in [5, 5.41) is 10.4. The van der Waals surface area contributed by atoms with Gasteiger partial charge in [0.2, 0.25) is 0 Å². The second-order valence-corrected chi connectivity index (χ2v) is 6.01. The van der Waals surface area contributed by atoms with Gasteiger partial charge in [-0.15, -0.1) is 0 Å². The molecule has 1 rings (SSSR count). The van der Waals surface area contributed by atoms with Crippen molar-refractivity contribution in [2.24, 2.45) is 0 Å². The molecule has 3 atom stereocenters. The Morgan fingerprint density at radius 3 is 2.81 bits per heavy atom. The van der Waals surface area contributed by atoms with Gasteiger partial charge in [-0.1, -0.05) is 42.9 Å². The zero-order valence-corrected chi connectivity index (χ0v) is 12.2. The van der Waals surface area contributed by atoms with Crippen molar-refractivity contribution in [3.63, 3.8) is 0 Å². The maximum atomic E-state index is 11.7. The lowest BCUT2D eigenvalue weighted by Crippen LogP contribution is -2.47. The Hall–Kier alpha value is 0.160. The summed E-state index contributed by atoms with van der Waals surface area (Å²) in [6, 6.07) is 0. The maximum absolute atomic E-state index is 11.7. The average Bonchev–Trinajstić information content (AvgIpc) is 2.31. The molecule has 0 saturated heterocycles. The fourth-order valence-electron chi connectivity index (χ4n) is 2.14. The summed E-state index contributed by atoms with van der Waals surface area (Å²) >= 11 is 2.10. The normalized spacial score (nSPS) is 32.1. The Morgan fingerprint density at radius 1 is 1.56 bits per heavy atom. The average molecular weight is 340 g/mol. The highest BCUT2D eigenvalue weighted by Gasteiger charge is 2.40. The van der Waals surface area contributed by atoms with Crippen molar-refractivity contribution in [3.05, 3.63) is 0 Å². The number of esters is 1. The molecule has 3 nitrogen and oxygen atoms in total. The minimum absolute atomic E-state index is 0.0966. The molecule has 0 aromatic carbocycles. The van der Waals surface area contributed by atoms with Crippen LogP contribution in [-0.4, -0.2) is 26.7 Å². The van der Waals surface area contributed by atoms with E-state index in [0.717, 1.165) is 32.1 Å². The minimum Gasteiger partial charge on any atom is -0.459 e. The van der Waals surface area contributed by atoms with Gasteiger partial charge in [0.25, 0.3) is 0 Å². The lowest BCUT2D eigenvalue weighted by Gasteiger charge is -2.38. The SMILES string of the molecule is CCC(I)C(=O)OC1CCCCC1(O)CC. The molecule has 1 fully saturated rings. The molecule has 0 aliphatic heterocycles. The molecule has 3 unspecified atom stereocenters. The van der Waals surface area contributed by atoms with Crippen molar-refractivity contribution in [1.29, 1.82) is 0 Å². The van der Waals surface area contributed by atoms with E-state index in [2.05, 4.69) is 22.6 Å². The highest BCUT2D eigenvalue weighted by atomic mass is 127. The first-order chi connectivity index (χ1) is 7.53. The van der Waals surface area contributed by atoms with Gasteiger partial charge < -0.3 is 9.84 Å². The third-order valence-corrected chi connectivity index (χ3v) is 4.80. The number of ether oxygens (including phenoxy) is 1. The van der Waals surface area contributed by atoms with Crippen molar-refractivity contribution in [2.45, 2.75) is 68.0 Å². The number of carbonyl (C=O) groups is 1. The fraction of sp³-hybridized carbons (Fsp3) is 0.917. The van der Waals surface area contributed by atoms with Gasteiger partial charge >= 0.3 is 5.97 Å². The molecule has 94 valence electrons. The summed E-state index contributed by atoms with van der Waals surface area (Å²) in [5.74, 6) is -0.179. The first-order valence-electron chi connectivity index (χ1n) is 6.10. The smallest absolute Gasteiger partial charge is 0.319 e. The second-order valence-electron chi connectivity index (χ2n) is 4.50. The molecule has 0 bridgehead atoms. The summed E-state index contributed by atoms with van der Waals surface area (Å²) in [7, 11) is 0. The van der Waals surface area contributed by atoms with Gasteiger partial charge in [0.1, 0.15) is 15.6 Å². The maximum Gasteiger partial charge on any atom is 0.319 e. The van der Waals surface area contributed by atoms with E-state index in [0.29, 0.717) is 6.42 Å². The number of carbonyl (C=O) groups excluding carboxylic acids is 1. The summed E-state index contributed by atoms with van der Waals surface area (Å²) in [6.07, 6.45) is 4.74. The van der Waals surface area contributed by atoms with Crippen molar-refractivity contribution >= 4 is 28.6 Å². The van der Waals surface area contributed by atoms with Crippen LogP contribution in [0.2, 0.25) is 0 Å². The van der Waals surface area contributed by atoms with E-state index >= 15 is 0 Å². The molecule has 1 N–H and O–H groups in total. The first-order valence-corrected chi connectivity index (χ1v) is 7.35. The first kappa shape index (κ1) is 14.2. The standard InChI is InChI=1S/C12H21IO3/c1-3-9(13)11(14)16-10-7-5-6-8-12(10,15)4-2/h9-10,15H,3-8H2,1-2H3. The van der Waals surface area contributed by atoms with Crippen LogP contribution in [0, 0.1) is 0 Å². The molecule has 0 amide bonds. The molecule has 0 heterocycles. The topological polar surface area (TPSA) is 46.5 Å². The summed E-state index contributed by atoms with van der Waals surface area (Å²) in [4.78, 5) is 11.7. The monoisotopic (exact) mass is 340 g/mol. The van der Waals surface area contributed by atoms with E-state index in [-0.39, 0.29) is 16.0 Å². The second kappa shape index (κ2) is 6.19. The quantitative estimate of drug-likeness (QED) is 0.486. The van der Waals surface area contributed by atoms with Gasteiger partial charge in [0.15, 0.2) is 0 Å². The van der Waals surface area contributed by atoms with Gasteiger partial charge in [-0.2, -0.15) is 0 Å². The van der Waals surface area contributed by atoms with E-state index in [9.17, 15) is 9.90 Å². The molecule has 0 aromatic rings. The van der Waals surface area contributed by atoms with Crippen LogP contribution in [-0.2, 0) is 9.53 Å². The Labute approximate surface area is 111 Å². The molecule has 1 aliphatic carbocycles. The van der Waals surface area contributed by atoms with Crippen LogP contribution < -0.4 is 0 Å². The lowest BCUT2D eigenvalue weighted by atomic mass is 9.80. The zero-order valence-electron chi connectivity index (χ0n) is 10.0. The fourth-order valence-corrected chi connectivity index (χ4v) is 2.29. The summed E-state index contributed by atoms with van der Waals surface area (Å²) in [5.41, 5.74) is -0.794. The predicted octanol–water partition coefficient (Wildman–Crippen LogP) is 2.83. The highest BCUT2D eigenvalue weighted by molar-refractivity contribution is 14.1. The molecule has 4 heteroatoms. The van der Waals surface area contributed by atoms with Crippen LogP contribution in [0.5, 0.6) is 0 Å². The van der Waals surface area contributed by atoms with Gasteiger partial charge in [0.05, 0.1) is 0 Å². The van der Waals surface area contributed by atoms with E-state index in [1.54, 1.807) is 0 Å². The molecule has 1 aliphatic rings. The van der Waals surface area contributed by atoms with Crippen LogP contribution >= 0.6 is 22.6 Å². The zero-order chi connectivity index (χ0) is 12.2. The lowest BCUT2D eigenvalue weighted by molar-refractivity contribution is -0.171. The van der Waals surface area contributed by atoms with Gasteiger partial charge in [0, 0.05) is 0 Å². The molecule has 16 heavy (non-hydrogen) atoms. The van der Waals surface area contributed by atoms with E-state index in [4.69, 9.17) is 4.74 Å². The van der Waals surface area contributed by atoms with Crippen LogP contribution in [0.1, 0.15) is 52.4 Å². The van der Waals surface area contributed by atoms with Crippen LogP contribution in [0.25, 0.3) is 0 Å². The van der Waals surface area contributed by atoms with Gasteiger partial charge in [-0.05, 0) is 32.1 Å². The number of aliphatic hydroxyl groups is 1. The Bertz CT molecular complexity index is 244. The predicted molar refractivity (Wildman–Crippen MR) is 71.7 cm³/mol. The number of hydrogen-bond acceptors (Lipinski definition) is 3. The molecular formula is C12H21IO3. The van der Waals surface area contributed by atoms with E-state index in [1.807, 2.05) is 13.8 Å². The minimum atomic E-state index is -0.794. The van der Waals surface area contributed by atoms with Crippen molar-refractivity contribution in [3.8, 4) is 0 Å². The number of rotatable bonds is 4. The summed E-state index contributed by atoms with van der Waals surface area (Å²) in [6.45, 7) is 3.92. The highest BCUT2D eigenvalue weighted by Crippen LogP contribution is 2.33. The van der Waals surface area contributed by atoms with Crippen LogP contribution in [0.15, 0.2) is 0 Å². The molecular weight excluding hydrogens is 319 g/mol. The van der Waals surface area contributed by atoms with Crippen molar-refractivity contribution < 1.29 is 14.6 Å². The van der Waals surface area contributed by atoms with E-state index < -0.39 is 5.60 Å². The Balaban J connectivity index is 2.60.